The molecule has 14 heteroatoms. The van der Waals surface area contributed by atoms with E-state index in [1.807, 2.05) is 0 Å². The fourth-order valence-corrected chi connectivity index (χ4v) is 2.93. The Morgan fingerprint density at radius 3 is 2.22 bits per heavy atom. The Bertz CT molecular complexity index is 836. The van der Waals surface area contributed by atoms with E-state index in [9.17, 15) is 32.3 Å². The Hall–Kier alpha value is -2.90. The molecule has 0 bridgehead atoms. The van der Waals surface area contributed by atoms with E-state index < -0.39 is 61.0 Å². The second-order valence-electron chi connectivity index (χ2n) is 7.38. The molecule has 0 aromatic carbocycles. The molecule has 180 valence electrons. The molecule has 3 N–H and O–H groups in total. The predicted octanol–water partition coefficient (Wildman–Crippen LogP) is 2.58. The summed E-state index contributed by atoms with van der Waals surface area (Å²) in [5, 5.41) is 6.15. The van der Waals surface area contributed by atoms with Gasteiger partial charge in [-0.1, -0.05) is 18.3 Å². The topological polar surface area (TPSA) is 136 Å². The summed E-state index contributed by atoms with van der Waals surface area (Å²) in [6.45, 7) is 4.96. The highest BCUT2D eigenvalue weighted by atomic mass is 32.1. The Labute approximate surface area is 186 Å². The molecule has 0 spiro atoms. The minimum atomic E-state index is -4.81. The second-order valence-corrected chi connectivity index (χ2v) is 8.46. The first-order valence-electron chi connectivity index (χ1n) is 9.47. The Balaban J connectivity index is 2.60. The zero-order valence-corrected chi connectivity index (χ0v) is 18.8. The van der Waals surface area contributed by atoms with Crippen LogP contribution < -0.4 is 16.0 Å². The molecule has 0 aliphatic heterocycles. The van der Waals surface area contributed by atoms with Gasteiger partial charge in [0.15, 0.2) is 10.8 Å². The van der Waals surface area contributed by atoms with Crippen molar-refractivity contribution in [2.24, 2.45) is 0 Å². The number of esters is 1. The molecule has 0 fully saturated rings. The average molecular weight is 482 g/mol. The molecule has 0 atom stereocenters. The van der Waals surface area contributed by atoms with Crippen molar-refractivity contribution in [1.29, 1.82) is 0 Å². The molecule has 32 heavy (non-hydrogen) atoms. The van der Waals surface area contributed by atoms with Gasteiger partial charge in [0.1, 0.15) is 18.8 Å². The van der Waals surface area contributed by atoms with Crippen LogP contribution >= 0.6 is 11.3 Å². The third-order valence-electron chi connectivity index (χ3n) is 3.27. The lowest BCUT2D eigenvalue weighted by atomic mass is 10.2. The lowest BCUT2D eigenvalue weighted by molar-refractivity contribution is -0.148. The van der Waals surface area contributed by atoms with Crippen molar-refractivity contribution in [3.05, 3.63) is 10.6 Å². The van der Waals surface area contributed by atoms with Crippen molar-refractivity contribution in [1.82, 2.24) is 15.6 Å². The Morgan fingerprint density at radius 1 is 1.03 bits per heavy atom. The highest BCUT2D eigenvalue weighted by Gasteiger charge is 2.38. The summed E-state index contributed by atoms with van der Waals surface area (Å²) < 4.78 is 49.2. The summed E-state index contributed by atoms with van der Waals surface area (Å²) in [7, 11) is 0. The smallest absolute Gasteiger partial charge is 0.434 e. The summed E-state index contributed by atoms with van der Waals surface area (Å²) in [6.07, 6.45) is -5.10. The van der Waals surface area contributed by atoms with Crippen LogP contribution in [0.4, 0.5) is 23.1 Å². The molecular formula is C18H25F3N4O6S. The fourth-order valence-electron chi connectivity index (χ4n) is 2.02. The molecule has 1 aromatic rings. The van der Waals surface area contributed by atoms with Gasteiger partial charge in [0.25, 0.3) is 0 Å². The number of anilines is 1. The molecule has 0 saturated heterocycles. The number of nitrogens with zero attached hydrogens (tertiary/aromatic N) is 1. The van der Waals surface area contributed by atoms with E-state index in [-0.39, 0.29) is 16.4 Å². The number of carbonyl (C=O) groups excluding carboxylic acids is 4. The monoisotopic (exact) mass is 482 g/mol. The lowest BCUT2D eigenvalue weighted by Crippen LogP contribution is -2.41. The molecule has 1 heterocycles. The number of nitrogens with one attached hydrogen (secondary N) is 3. The molecule has 1 rings (SSSR count). The zero-order chi connectivity index (χ0) is 24.5. The SMILES string of the molecule is CCCC(=O)OCc1sc(NC(=O)CNC(=O)CNC(=O)OC(C)(C)C)nc1C(F)(F)F. The van der Waals surface area contributed by atoms with Gasteiger partial charge in [-0.15, -0.1) is 0 Å². The van der Waals surface area contributed by atoms with Gasteiger partial charge < -0.3 is 25.4 Å². The van der Waals surface area contributed by atoms with Gasteiger partial charge in [-0.3, -0.25) is 14.4 Å². The number of alkyl carbamates (subject to hydrolysis) is 1. The van der Waals surface area contributed by atoms with E-state index in [4.69, 9.17) is 9.47 Å². The second kappa shape index (κ2) is 11.6. The summed E-state index contributed by atoms with van der Waals surface area (Å²) >= 11 is 0.502. The molecule has 0 saturated carbocycles. The molecule has 10 nitrogen and oxygen atoms in total. The number of hydrogen-bond donors (Lipinski definition) is 3. The van der Waals surface area contributed by atoms with E-state index >= 15 is 0 Å². The van der Waals surface area contributed by atoms with Crippen molar-refractivity contribution < 1.29 is 41.8 Å². The van der Waals surface area contributed by atoms with E-state index in [0.717, 1.165) is 0 Å². The van der Waals surface area contributed by atoms with Crippen molar-refractivity contribution in [2.75, 3.05) is 18.4 Å². The summed E-state index contributed by atoms with van der Waals surface area (Å²) in [4.78, 5) is 49.5. The molecule has 3 amide bonds. The number of hydrogen-bond acceptors (Lipinski definition) is 8. The van der Waals surface area contributed by atoms with Gasteiger partial charge >= 0.3 is 18.2 Å². The van der Waals surface area contributed by atoms with E-state index in [1.165, 1.54) is 0 Å². The van der Waals surface area contributed by atoms with Gasteiger partial charge in [0, 0.05) is 6.42 Å². The molecule has 1 aromatic heterocycles. The van der Waals surface area contributed by atoms with Crippen LogP contribution in [-0.4, -0.2) is 47.6 Å². The van der Waals surface area contributed by atoms with Crippen LogP contribution in [0.1, 0.15) is 51.1 Å². The van der Waals surface area contributed by atoms with Crippen molar-refractivity contribution in [2.45, 2.75) is 58.9 Å². The summed E-state index contributed by atoms with van der Waals surface area (Å²) in [6, 6.07) is 0. The first kappa shape index (κ1) is 27.1. The van der Waals surface area contributed by atoms with E-state index in [2.05, 4.69) is 20.9 Å². The van der Waals surface area contributed by atoms with Crippen LogP contribution in [0.15, 0.2) is 0 Å². The third-order valence-corrected chi connectivity index (χ3v) is 4.21. The van der Waals surface area contributed by atoms with Crippen LogP contribution in [0.2, 0.25) is 0 Å². The van der Waals surface area contributed by atoms with Crippen molar-refractivity contribution in [3.8, 4) is 0 Å². The lowest BCUT2D eigenvalue weighted by Gasteiger charge is -2.19. The summed E-state index contributed by atoms with van der Waals surface area (Å²) in [5.74, 6) is -2.21. The maximum Gasteiger partial charge on any atom is 0.434 e. The van der Waals surface area contributed by atoms with Crippen molar-refractivity contribution >= 4 is 40.3 Å². The fraction of sp³-hybridized carbons (Fsp3) is 0.611. The first-order valence-corrected chi connectivity index (χ1v) is 10.3. The van der Waals surface area contributed by atoms with Crippen molar-refractivity contribution in [3.63, 3.8) is 0 Å². The van der Waals surface area contributed by atoms with Crippen LogP contribution in [0.5, 0.6) is 0 Å². The number of amides is 3. The number of halogens is 3. The van der Waals surface area contributed by atoms with Gasteiger partial charge in [-0.2, -0.15) is 13.2 Å². The molecule has 0 aliphatic carbocycles. The summed E-state index contributed by atoms with van der Waals surface area (Å²) in [5.41, 5.74) is -2.02. The first-order chi connectivity index (χ1) is 14.7. The maximum atomic E-state index is 13.2. The van der Waals surface area contributed by atoms with Gasteiger partial charge in [-0.05, 0) is 27.2 Å². The highest BCUT2D eigenvalue weighted by molar-refractivity contribution is 7.15. The van der Waals surface area contributed by atoms with Gasteiger partial charge in [0.2, 0.25) is 11.8 Å². The van der Waals surface area contributed by atoms with Crippen LogP contribution in [0, 0.1) is 0 Å². The molecule has 0 aliphatic rings. The standard InChI is InChI=1S/C18H25F3N4O6S/c1-5-6-13(28)30-9-10-14(18(19,20)21)25-15(32-10)24-12(27)8-22-11(26)7-23-16(29)31-17(2,3)4/h5-9H2,1-4H3,(H,22,26)(H,23,29)(H,24,25,27). The van der Waals surface area contributed by atoms with Gasteiger partial charge in [0.05, 0.1) is 11.4 Å². The average Bonchev–Trinajstić information content (AvgIpc) is 3.05. The molecular weight excluding hydrogens is 457 g/mol. The predicted molar refractivity (Wildman–Crippen MR) is 108 cm³/mol. The maximum absolute atomic E-state index is 13.2. The minimum Gasteiger partial charge on any atom is -0.460 e. The van der Waals surface area contributed by atoms with Crippen LogP contribution in [0.25, 0.3) is 0 Å². The quantitative estimate of drug-likeness (QED) is 0.460. The largest absolute Gasteiger partial charge is 0.460 e. The minimum absolute atomic E-state index is 0.0617. The number of carbonyl (C=O) groups is 4. The number of ether oxygens (including phenoxy) is 2. The number of thiazole rings is 1. The zero-order valence-electron chi connectivity index (χ0n) is 18.0. The number of alkyl halides is 3. The highest BCUT2D eigenvalue weighted by Crippen LogP contribution is 2.36. The molecule has 0 unspecified atom stereocenters. The number of aromatic nitrogens is 1. The number of rotatable bonds is 9. The third kappa shape index (κ3) is 10.4. The van der Waals surface area contributed by atoms with E-state index in [0.29, 0.717) is 17.8 Å². The Morgan fingerprint density at radius 2 is 1.66 bits per heavy atom. The van der Waals surface area contributed by atoms with E-state index in [1.54, 1.807) is 27.7 Å². The Kier molecular flexibility index (Phi) is 9.87. The van der Waals surface area contributed by atoms with Gasteiger partial charge in [-0.25, -0.2) is 9.78 Å². The molecule has 0 radical (unpaired) electrons. The normalized spacial score (nSPS) is 11.5. The van der Waals surface area contributed by atoms with Crippen LogP contribution in [-0.2, 0) is 36.6 Å². The van der Waals surface area contributed by atoms with Crippen LogP contribution in [0.3, 0.4) is 0 Å².